The lowest BCUT2D eigenvalue weighted by Crippen LogP contribution is -2.14. The second-order valence-corrected chi connectivity index (χ2v) is 7.94. The molecule has 6 nitrogen and oxygen atoms in total. The Labute approximate surface area is 199 Å². The van der Waals surface area contributed by atoms with Crippen LogP contribution in [0.5, 0.6) is 5.75 Å². The van der Waals surface area contributed by atoms with E-state index in [4.69, 9.17) is 39.5 Å². The average Bonchev–Trinajstić information content (AvgIpc) is 3.23. The van der Waals surface area contributed by atoms with Gasteiger partial charge in [0.25, 0.3) is 5.91 Å². The van der Waals surface area contributed by atoms with Crippen LogP contribution < -0.4 is 10.1 Å². The normalized spacial score (nSPS) is 10.8. The summed E-state index contributed by atoms with van der Waals surface area (Å²) in [5, 5.41) is 8.46. The molecule has 0 fully saturated rings. The minimum absolute atomic E-state index is 0.0140. The molecule has 0 saturated heterocycles. The zero-order valence-electron chi connectivity index (χ0n) is 16.8. The second kappa shape index (κ2) is 9.61. The first-order valence-electron chi connectivity index (χ1n) is 9.67. The van der Waals surface area contributed by atoms with Crippen molar-refractivity contribution in [3.63, 3.8) is 0 Å². The van der Waals surface area contributed by atoms with Crippen LogP contribution in [0, 0.1) is 0 Å². The van der Waals surface area contributed by atoms with Crippen molar-refractivity contribution in [2.45, 2.75) is 6.92 Å². The maximum absolute atomic E-state index is 12.9. The molecule has 0 radical (unpaired) electrons. The van der Waals surface area contributed by atoms with Gasteiger partial charge in [-0.15, -0.1) is 5.10 Å². The molecule has 0 unspecified atom stereocenters. The molecule has 1 aromatic heterocycles. The molecule has 162 valence electrons. The number of nitrogens with zero attached hydrogens (tertiary/aromatic N) is 3. The molecule has 1 amide bonds. The van der Waals surface area contributed by atoms with Crippen LogP contribution >= 0.6 is 34.8 Å². The summed E-state index contributed by atoms with van der Waals surface area (Å²) < 4.78 is 7.10. The fraction of sp³-hybridized carbons (Fsp3) is 0.0870. The minimum atomic E-state index is -0.489. The second-order valence-electron chi connectivity index (χ2n) is 6.69. The summed E-state index contributed by atoms with van der Waals surface area (Å²) in [6, 6.07) is 19.3. The van der Waals surface area contributed by atoms with Crippen molar-refractivity contribution >= 4 is 46.4 Å². The van der Waals surface area contributed by atoms with Crippen LogP contribution in [0.15, 0.2) is 66.7 Å². The Hall–Kier alpha value is -3.06. The number of ether oxygens (including phenoxy) is 1. The van der Waals surface area contributed by atoms with E-state index in [1.54, 1.807) is 35.0 Å². The zero-order chi connectivity index (χ0) is 22.7. The molecular weight excluding hydrogens is 471 g/mol. The summed E-state index contributed by atoms with van der Waals surface area (Å²) in [5.74, 6) is 0.700. The van der Waals surface area contributed by atoms with Gasteiger partial charge < -0.3 is 10.1 Å². The quantitative estimate of drug-likeness (QED) is 0.335. The first kappa shape index (κ1) is 22.1. The number of halogens is 3. The first-order chi connectivity index (χ1) is 15.4. The van der Waals surface area contributed by atoms with E-state index in [1.807, 2.05) is 43.3 Å². The number of anilines is 1. The number of rotatable bonds is 6. The molecule has 32 heavy (non-hydrogen) atoms. The van der Waals surface area contributed by atoms with Crippen molar-refractivity contribution in [3.05, 3.63) is 87.6 Å². The Balaban J connectivity index is 1.73. The molecule has 0 saturated carbocycles. The maximum Gasteiger partial charge on any atom is 0.295 e. The molecule has 0 aliphatic heterocycles. The van der Waals surface area contributed by atoms with Crippen molar-refractivity contribution < 1.29 is 9.53 Å². The highest BCUT2D eigenvalue weighted by Gasteiger charge is 2.19. The van der Waals surface area contributed by atoms with Crippen molar-refractivity contribution in [2.75, 3.05) is 11.9 Å². The number of carbonyl (C=O) groups excluding carboxylic acids is 1. The molecule has 1 heterocycles. The molecule has 0 spiro atoms. The van der Waals surface area contributed by atoms with Gasteiger partial charge in [0.15, 0.2) is 5.82 Å². The summed E-state index contributed by atoms with van der Waals surface area (Å²) >= 11 is 18.2. The van der Waals surface area contributed by atoms with E-state index in [0.717, 1.165) is 5.75 Å². The van der Waals surface area contributed by atoms with Gasteiger partial charge in [-0.3, -0.25) is 4.79 Å². The highest BCUT2D eigenvalue weighted by Crippen LogP contribution is 2.27. The zero-order valence-corrected chi connectivity index (χ0v) is 19.1. The smallest absolute Gasteiger partial charge is 0.295 e. The highest BCUT2D eigenvalue weighted by molar-refractivity contribution is 6.42. The molecule has 0 aliphatic carbocycles. The number of hydrogen-bond donors (Lipinski definition) is 1. The lowest BCUT2D eigenvalue weighted by atomic mass is 10.2. The van der Waals surface area contributed by atoms with E-state index in [9.17, 15) is 4.79 Å². The summed E-state index contributed by atoms with van der Waals surface area (Å²) in [6.45, 7) is 2.48. The largest absolute Gasteiger partial charge is 0.494 e. The van der Waals surface area contributed by atoms with Crippen molar-refractivity contribution in [1.29, 1.82) is 0 Å². The van der Waals surface area contributed by atoms with Gasteiger partial charge in [-0.1, -0.05) is 46.9 Å². The van der Waals surface area contributed by atoms with E-state index in [0.29, 0.717) is 44.4 Å². The average molecular weight is 488 g/mol. The Bertz CT molecular complexity index is 1270. The van der Waals surface area contributed by atoms with E-state index >= 15 is 0 Å². The topological polar surface area (TPSA) is 69.0 Å². The van der Waals surface area contributed by atoms with Crippen LogP contribution in [-0.4, -0.2) is 27.3 Å². The van der Waals surface area contributed by atoms with Gasteiger partial charge in [-0.05, 0) is 61.5 Å². The number of hydrogen-bond acceptors (Lipinski definition) is 4. The van der Waals surface area contributed by atoms with Gasteiger partial charge in [-0.2, -0.15) is 0 Å². The van der Waals surface area contributed by atoms with Crippen LogP contribution in [-0.2, 0) is 0 Å². The number of nitrogens with one attached hydrogen (secondary N) is 1. The van der Waals surface area contributed by atoms with E-state index in [1.165, 1.54) is 0 Å². The molecule has 0 bridgehead atoms. The highest BCUT2D eigenvalue weighted by atomic mass is 35.5. The van der Waals surface area contributed by atoms with Crippen LogP contribution in [0.1, 0.15) is 17.5 Å². The predicted octanol–water partition coefficient (Wildman–Crippen LogP) is 6.55. The number of amides is 1. The SMILES string of the molecule is CCOc1ccc(-n2nc(C(=O)Nc3ccc(Cl)c(Cl)c3)nc2-c2cccc(Cl)c2)cc1. The van der Waals surface area contributed by atoms with Crippen LogP contribution in [0.25, 0.3) is 17.1 Å². The summed E-state index contributed by atoms with van der Waals surface area (Å²) in [6.07, 6.45) is 0. The Morgan fingerprint density at radius 2 is 1.78 bits per heavy atom. The van der Waals surface area contributed by atoms with Crippen LogP contribution in [0.4, 0.5) is 5.69 Å². The summed E-state index contributed by atoms with van der Waals surface area (Å²) in [7, 11) is 0. The molecular formula is C23H17Cl3N4O2. The van der Waals surface area contributed by atoms with Gasteiger partial charge in [0.05, 0.1) is 22.3 Å². The lowest BCUT2D eigenvalue weighted by molar-refractivity contribution is 0.101. The van der Waals surface area contributed by atoms with Gasteiger partial charge in [-0.25, -0.2) is 9.67 Å². The molecule has 0 atom stereocenters. The fourth-order valence-electron chi connectivity index (χ4n) is 3.01. The number of carbonyl (C=O) groups is 1. The van der Waals surface area contributed by atoms with Gasteiger partial charge >= 0.3 is 0 Å². The molecule has 3 aromatic carbocycles. The van der Waals surface area contributed by atoms with Gasteiger partial charge in [0.1, 0.15) is 5.75 Å². The van der Waals surface area contributed by atoms with Crippen molar-refractivity contribution in [3.8, 4) is 22.8 Å². The van der Waals surface area contributed by atoms with Crippen molar-refractivity contribution in [1.82, 2.24) is 14.8 Å². The monoisotopic (exact) mass is 486 g/mol. The number of benzene rings is 3. The van der Waals surface area contributed by atoms with Gasteiger partial charge in [0, 0.05) is 16.3 Å². The third-order valence-electron chi connectivity index (χ3n) is 4.46. The predicted molar refractivity (Wildman–Crippen MR) is 127 cm³/mol. The number of aromatic nitrogens is 3. The van der Waals surface area contributed by atoms with Crippen LogP contribution in [0.2, 0.25) is 15.1 Å². The lowest BCUT2D eigenvalue weighted by Gasteiger charge is -2.08. The standard InChI is InChI=1S/C23H17Cl3N4O2/c1-2-32-18-9-7-17(8-10-18)30-22(14-4-3-5-15(24)12-14)28-21(29-30)23(31)27-16-6-11-19(25)20(26)13-16/h3-13H,2H2,1H3,(H,27,31). The first-order valence-corrected chi connectivity index (χ1v) is 10.8. The van der Waals surface area contributed by atoms with Crippen LogP contribution in [0.3, 0.4) is 0 Å². The van der Waals surface area contributed by atoms with Gasteiger partial charge in [0.2, 0.25) is 5.82 Å². The van der Waals surface area contributed by atoms with E-state index in [-0.39, 0.29) is 5.82 Å². The summed E-state index contributed by atoms with van der Waals surface area (Å²) in [4.78, 5) is 17.4. The summed E-state index contributed by atoms with van der Waals surface area (Å²) in [5.41, 5.74) is 1.91. The molecule has 0 aliphatic rings. The Morgan fingerprint density at radius 3 is 2.47 bits per heavy atom. The third kappa shape index (κ3) is 4.88. The fourth-order valence-corrected chi connectivity index (χ4v) is 3.50. The third-order valence-corrected chi connectivity index (χ3v) is 5.44. The van der Waals surface area contributed by atoms with E-state index < -0.39 is 5.91 Å². The molecule has 1 N–H and O–H groups in total. The molecule has 9 heteroatoms. The molecule has 4 rings (SSSR count). The Kier molecular flexibility index (Phi) is 6.65. The maximum atomic E-state index is 12.9. The minimum Gasteiger partial charge on any atom is -0.494 e. The molecule has 4 aromatic rings. The van der Waals surface area contributed by atoms with Crippen molar-refractivity contribution in [2.24, 2.45) is 0 Å². The Morgan fingerprint density at radius 1 is 1.00 bits per heavy atom. The van der Waals surface area contributed by atoms with E-state index in [2.05, 4.69) is 15.4 Å².